The van der Waals surface area contributed by atoms with E-state index in [-0.39, 0.29) is 25.4 Å². The molecule has 0 radical (unpaired) electrons. The number of aliphatic carboxylic acids is 1. The van der Waals surface area contributed by atoms with Gasteiger partial charge in [-0.05, 0) is 12.8 Å². The predicted molar refractivity (Wildman–Crippen MR) is 57.0 cm³/mol. The third-order valence-corrected chi connectivity index (χ3v) is 1.95. The number of ether oxygens (including phenoxy) is 1. The fraction of sp³-hybridized carbons (Fsp3) is 0.800. The summed E-state index contributed by atoms with van der Waals surface area (Å²) in [6, 6.07) is 0. The molecule has 0 spiro atoms. The molecule has 0 heterocycles. The lowest BCUT2D eigenvalue weighted by Crippen LogP contribution is -2.28. The Hall–Kier alpha value is -1.14. The summed E-state index contributed by atoms with van der Waals surface area (Å²) in [4.78, 5) is 21.3. The van der Waals surface area contributed by atoms with E-state index in [0.717, 1.165) is 0 Å². The molecule has 1 atom stereocenters. The normalized spacial score (nSPS) is 12.1. The smallest absolute Gasteiger partial charge is 0.303 e. The Morgan fingerprint density at radius 3 is 2.62 bits per heavy atom. The fourth-order valence-corrected chi connectivity index (χ4v) is 1.14. The molecule has 6 nitrogen and oxygen atoms in total. The van der Waals surface area contributed by atoms with Crippen molar-refractivity contribution in [2.75, 3.05) is 20.3 Å². The van der Waals surface area contributed by atoms with Gasteiger partial charge in [-0.15, -0.1) is 0 Å². The highest BCUT2D eigenvalue weighted by Crippen LogP contribution is 1.96. The van der Waals surface area contributed by atoms with Gasteiger partial charge in [0.05, 0.1) is 12.7 Å². The molecule has 0 fully saturated rings. The van der Waals surface area contributed by atoms with Gasteiger partial charge in [0.1, 0.15) is 0 Å². The largest absolute Gasteiger partial charge is 0.481 e. The molecule has 1 amide bonds. The highest BCUT2D eigenvalue weighted by molar-refractivity contribution is 5.76. The van der Waals surface area contributed by atoms with Crippen LogP contribution in [0.2, 0.25) is 0 Å². The minimum absolute atomic E-state index is 0.000278. The van der Waals surface area contributed by atoms with Crippen molar-refractivity contribution in [3.8, 4) is 0 Å². The van der Waals surface area contributed by atoms with Crippen LogP contribution in [-0.2, 0) is 14.3 Å². The van der Waals surface area contributed by atoms with Crippen molar-refractivity contribution in [3.05, 3.63) is 0 Å². The van der Waals surface area contributed by atoms with E-state index >= 15 is 0 Å². The van der Waals surface area contributed by atoms with Crippen LogP contribution in [0.5, 0.6) is 0 Å². The Kier molecular flexibility index (Phi) is 8.46. The lowest BCUT2D eigenvalue weighted by molar-refractivity contribution is -0.137. The minimum atomic E-state index is -0.900. The van der Waals surface area contributed by atoms with Crippen molar-refractivity contribution in [3.63, 3.8) is 0 Å². The number of aliphatic hydroxyl groups excluding tert-OH is 1. The summed E-state index contributed by atoms with van der Waals surface area (Å²) in [5, 5.41) is 20.2. The number of rotatable bonds is 9. The van der Waals surface area contributed by atoms with Crippen LogP contribution in [0.15, 0.2) is 0 Å². The van der Waals surface area contributed by atoms with Gasteiger partial charge in [0.15, 0.2) is 0 Å². The number of aliphatic hydroxyl groups is 1. The number of hydrogen-bond acceptors (Lipinski definition) is 4. The lowest BCUT2D eigenvalue weighted by Gasteiger charge is -2.09. The van der Waals surface area contributed by atoms with Crippen LogP contribution in [-0.4, -0.2) is 48.5 Å². The van der Waals surface area contributed by atoms with Crippen molar-refractivity contribution in [1.29, 1.82) is 0 Å². The van der Waals surface area contributed by atoms with E-state index in [1.165, 1.54) is 7.11 Å². The van der Waals surface area contributed by atoms with Crippen LogP contribution in [0.4, 0.5) is 0 Å². The number of nitrogens with one attached hydrogen (secondary N) is 1. The van der Waals surface area contributed by atoms with Crippen molar-refractivity contribution in [2.24, 2.45) is 0 Å². The highest BCUT2D eigenvalue weighted by atomic mass is 16.5. The molecule has 3 N–H and O–H groups in total. The molecule has 0 aromatic carbocycles. The Balaban J connectivity index is 3.40. The molecular formula is C10H19NO5. The van der Waals surface area contributed by atoms with Crippen LogP contribution in [0.1, 0.15) is 25.7 Å². The molecule has 16 heavy (non-hydrogen) atoms. The highest BCUT2D eigenvalue weighted by Gasteiger charge is 2.06. The van der Waals surface area contributed by atoms with Gasteiger partial charge in [-0.1, -0.05) is 0 Å². The average molecular weight is 233 g/mol. The SMILES string of the molecule is COCC(O)CCNC(=O)CCCC(=O)O. The minimum Gasteiger partial charge on any atom is -0.481 e. The molecule has 6 heteroatoms. The predicted octanol–water partition coefficient (Wildman–Crippen LogP) is -0.245. The molecule has 0 aliphatic heterocycles. The summed E-state index contributed by atoms with van der Waals surface area (Å²) in [6.07, 6.45) is 0.386. The summed E-state index contributed by atoms with van der Waals surface area (Å²) in [5.41, 5.74) is 0. The number of amides is 1. The van der Waals surface area contributed by atoms with Crippen molar-refractivity contribution < 1.29 is 24.5 Å². The van der Waals surface area contributed by atoms with Crippen LogP contribution in [0.3, 0.4) is 0 Å². The second-order valence-electron chi connectivity index (χ2n) is 3.50. The molecular weight excluding hydrogens is 214 g/mol. The summed E-state index contributed by atoms with van der Waals surface area (Å²) in [6.45, 7) is 0.616. The molecule has 0 aliphatic rings. The van der Waals surface area contributed by atoms with E-state index in [1.54, 1.807) is 0 Å². The molecule has 0 saturated heterocycles. The summed E-state index contributed by atoms with van der Waals surface area (Å²) >= 11 is 0. The number of carbonyl (C=O) groups is 2. The van der Waals surface area contributed by atoms with Gasteiger partial charge in [-0.2, -0.15) is 0 Å². The third-order valence-electron chi connectivity index (χ3n) is 1.95. The Morgan fingerprint density at radius 1 is 1.38 bits per heavy atom. The summed E-state index contributed by atoms with van der Waals surface area (Å²) < 4.78 is 4.72. The second kappa shape index (κ2) is 9.11. The van der Waals surface area contributed by atoms with Crippen molar-refractivity contribution in [1.82, 2.24) is 5.32 Å². The maximum absolute atomic E-state index is 11.1. The topological polar surface area (TPSA) is 95.9 Å². The number of carboxylic acids is 1. The van der Waals surface area contributed by atoms with Crippen molar-refractivity contribution >= 4 is 11.9 Å². The standard InChI is InChI=1S/C10H19NO5/c1-16-7-8(12)5-6-11-9(13)3-2-4-10(14)15/h8,12H,2-7H2,1H3,(H,11,13)(H,14,15). The van der Waals surface area contributed by atoms with E-state index in [1.807, 2.05) is 0 Å². The van der Waals surface area contributed by atoms with Gasteiger partial charge in [-0.25, -0.2) is 0 Å². The number of carboxylic acid groups (broad SMARTS) is 1. The average Bonchev–Trinajstić information content (AvgIpc) is 2.17. The molecule has 94 valence electrons. The van der Waals surface area contributed by atoms with Gasteiger partial charge < -0.3 is 20.3 Å². The zero-order valence-corrected chi connectivity index (χ0v) is 9.44. The van der Waals surface area contributed by atoms with Gasteiger partial charge in [0, 0.05) is 26.5 Å². The Bertz CT molecular complexity index is 219. The first-order chi connectivity index (χ1) is 7.56. The first kappa shape index (κ1) is 14.9. The van der Waals surface area contributed by atoms with Crippen LogP contribution in [0.25, 0.3) is 0 Å². The van der Waals surface area contributed by atoms with Crippen LogP contribution >= 0.6 is 0 Å². The van der Waals surface area contributed by atoms with E-state index in [2.05, 4.69) is 5.32 Å². The number of hydrogen-bond donors (Lipinski definition) is 3. The van der Waals surface area contributed by atoms with E-state index in [9.17, 15) is 14.7 Å². The summed E-state index contributed by atoms with van der Waals surface area (Å²) in [5.74, 6) is -1.09. The molecule has 0 rings (SSSR count). The maximum Gasteiger partial charge on any atom is 0.303 e. The molecule has 1 unspecified atom stereocenters. The first-order valence-electron chi connectivity index (χ1n) is 5.21. The second-order valence-corrected chi connectivity index (χ2v) is 3.50. The quantitative estimate of drug-likeness (QED) is 0.510. The monoisotopic (exact) mass is 233 g/mol. The Labute approximate surface area is 94.6 Å². The maximum atomic E-state index is 11.1. The Morgan fingerprint density at radius 2 is 2.06 bits per heavy atom. The van der Waals surface area contributed by atoms with Crippen LogP contribution < -0.4 is 5.32 Å². The molecule has 0 aromatic heterocycles. The zero-order valence-electron chi connectivity index (χ0n) is 9.44. The zero-order chi connectivity index (χ0) is 12.4. The van der Waals surface area contributed by atoms with Gasteiger partial charge in [0.2, 0.25) is 5.91 Å². The van der Waals surface area contributed by atoms with E-state index in [4.69, 9.17) is 9.84 Å². The molecule has 0 aliphatic carbocycles. The molecule has 0 bridgehead atoms. The van der Waals surface area contributed by atoms with Gasteiger partial charge in [0.25, 0.3) is 0 Å². The van der Waals surface area contributed by atoms with Gasteiger partial charge >= 0.3 is 5.97 Å². The fourth-order valence-electron chi connectivity index (χ4n) is 1.14. The lowest BCUT2D eigenvalue weighted by atomic mass is 10.2. The molecule has 0 saturated carbocycles. The number of carbonyl (C=O) groups excluding carboxylic acids is 1. The third kappa shape index (κ3) is 9.42. The van der Waals surface area contributed by atoms with Crippen LogP contribution in [0, 0.1) is 0 Å². The van der Waals surface area contributed by atoms with Gasteiger partial charge in [-0.3, -0.25) is 9.59 Å². The van der Waals surface area contributed by atoms with E-state index < -0.39 is 12.1 Å². The first-order valence-corrected chi connectivity index (χ1v) is 5.21. The number of methoxy groups -OCH3 is 1. The van der Waals surface area contributed by atoms with E-state index in [0.29, 0.717) is 19.4 Å². The molecule has 0 aromatic rings. The summed E-state index contributed by atoms with van der Waals surface area (Å²) in [7, 11) is 1.49. The van der Waals surface area contributed by atoms with Crippen molar-refractivity contribution in [2.45, 2.75) is 31.8 Å².